The number of rotatable bonds is 8. The number of ether oxygens (including phenoxy) is 3. The van der Waals surface area contributed by atoms with E-state index in [9.17, 15) is 4.79 Å². The van der Waals surface area contributed by atoms with Crippen molar-refractivity contribution < 1.29 is 19.0 Å². The number of methoxy groups -OCH3 is 2. The second-order valence-corrected chi connectivity index (χ2v) is 6.90. The highest BCUT2D eigenvalue weighted by Crippen LogP contribution is 2.29. The average molecular weight is 438 g/mol. The van der Waals surface area contributed by atoms with Crippen molar-refractivity contribution in [2.24, 2.45) is 0 Å². The minimum atomic E-state index is -0.196. The number of carbonyl (C=O) groups excluding carboxylic acids is 1. The number of aryl methyl sites for hydroxylation is 1. The van der Waals surface area contributed by atoms with E-state index in [-0.39, 0.29) is 11.0 Å². The number of amides is 1. The Bertz CT molecular complexity index is 864. The van der Waals surface area contributed by atoms with Crippen LogP contribution in [0, 0.1) is 6.92 Å². The molecule has 0 saturated carbocycles. The van der Waals surface area contributed by atoms with Crippen LogP contribution in [0.4, 0.5) is 5.69 Å². The topological polar surface area (TPSA) is 80.9 Å². The predicted molar refractivity (Wildman–Crippen MR) is 118 cm³/mol. The molecule has 0 aliphatic rings. The molecule has 0 fully saturated rings. The van der Waals surface area contributed by atoms with Crippen LogP contribution in [0.2, 0.25) is 5.02 Å². The molecule has 0 aliphatic carbocycles. The lowest BCUT2D eigenvalue weighted by atomic mass is 10.2. The van der Waals surface area contributed by atoms with Gasteiger partial charge >= 0.3 is 0 Å². The number of hydrazine groups is 1. The van der Waals surface area contributed by atoms with E-state index in [4.69, 9.17) is 38.0 Å². The maximum absolute atomic E-state index is 11.9. The van der Waals surface area contributed by atoms with E-state index in [0.29, 0.717) is 41.7 Å². The standard InChI is InChI=1S/C20H24ClN3O4S/c1-13-11-14(21)6-8-16(13)28-10-4-5-19(25)23-24-20(29)22-15-7-9-17(26-2)18(12-15)27-3/h6-9,11-12H,4-5,10H2,1-3H3,(H,23,25)(H2,22,24,29). The molecule has 156 valence electrons. The van der Waals surface area contributed by atoms with Gasteiger partial charge < -0.3 is 19.5 Å². The van der Waals surface area contributed by atoms with Crippen LogP contribution in [-0.4, -0.2) is 31.8 Å². The lowest BCUT2D eigenvalue weighted by Gasteiger charge is -2.14. The summed E-state index contributed by atoms with van der Waals surface area (Å²) in [5.74, 6) is 1.74. The zero-order valence-electron chi connectivity index (χ0n) is 16.5. The number of nitrogens with one attached hydrogen (secondary N) is 3. The highest BCUT2D eigenvalue weighted by Gasteiger charge is 2.07. The molecule has 7 nitrogen and oxygen atoms in total. The van der Waals surface area contributed by atoms with Crippen molar-refractivity contribution in [2.45, 2.75) is 19.8 Å². The molecule has 0 bridgehead atoms. The van der Waals surface area contributed by atoms with Crippen LogP contribution in [0.25, 0.3) is 0 Å². The molecule has 0 unspecified atom stereocenters. The van der Waals surface area contributed by atoms with Gasteiger partial charge in [-0.1, -0.05) is 11.6 Å². The van der Waals surface area contributed by atoms with Crippen molar-refractivity contribution >= 4 is 40.5 Å². The fourth-order valence-electron chi connectivity index (χ4n) is 2.45. The van der Waals surface area contributed by atoms with E-state index in [0.717, 1.165) is 11.3 Å². The summed E-state index contributed by atoms with van der Waals surface area (Å²) in [6.45, 7) is 2.34. The van der Waals surface area contributed by atoms with Gasteiger partial charge in [-0.05, 0) is 61.5 Å². The van der Waals surface area contributed by atoms with E-state index in [1.165, 1.54) is 0 Å². The smallest absolute Gasteiger partial charge is 0.238 e. The molecule has 0 spiro atoms. The summed E-state index contributed by atoms with van der Waals surface area (Å²) in [7, 11) is 3.12. The van der Waals surface area contributed by atoms with Gasteiger partial charge in [-0.3, -0.25) is 15.6 Å². The van der Waals surface area contributed by atoms with Gasteiger partial charge in [-0.25, -0.2) is 0 Å². The molecule has 0 aliphatic heterocycles. The van der Waals surface area contributed by atoms with Crippen LogP contribution < -0.4 is 30.4 Å². The van der Waals surface area contributed by atoms with Gasteiger partial charge in [0.2, 0.25) is 5.91 Å². The summed E-state index contributed by atoms with van der Waals surface area (Å²) in [5.41, 5.74) is 6.86. The van der Waals surface area contributed by atoms with Gasteiger partial charge in [0.05, 0.1) is 20.8 Å². The first-order chi connectivity index (χ1) is 13.9. The quantitative estimate of drug-likeness (QED) is 0.329. The lowest BCUT2D eigenvalue weighted by Crippen LogP contribution is -2.43. The molecule has 3 N–H and O–H groups in total. The van der Waals surface area contributed by atoms with Crippen LogP contribution in [0.1, 0.15) is 18.4 Å². The summed E-state index contributed by atoms with van der Waals surface area (Å²) in [5, 5.41) is 3.87. The highest BCUT2D eigenvalue weighted by molar-refractivity contribution is 7.80. The van der Waals surface area contributed by atoms with Crippen molar-refractivity contribution in [3.05, 3.63) is 47.0 Å². The Kier molecular flexibility index (Phi) is 8.82. The van der Waals surface area contributed by atoms with Crippen LogP contribution in [0.5, 0.6) is 17.2 Å². The second kappa shape index (κ2) is 11.3. The van der Waals surface area contributed by atoms with Crippen LogP contribution in [-0.2, 0) is 4.79 Å². The molecule has 29 heavy (non-hydrogen) atoms. The highest BCUT2D eigenvalue weighted by atomic mass is 35.5. The first-order valence-corrected chi connectivity index (χ1v) is 9.68. The van der Waals surface area contributed by atoms with E-state index in [1.807, 2.05) is 19.1 Å². The second-order valence-electron chi connectivity index (χ2n) is 6.06. The minimum Gasteiger partial charge on any atom is -0.493 e. The Morgan fingerprint density at radius 3 is 2.45 bits per heavy atom. The van der Waals surface area contributed by atoms with Gasteiger partial charge in [-0.15, -0.1) is 0 Å². The van der Waals surface area contributed by atoms with Gasteiger partial charge in [-0.2, -0.15) is 0 Å². The Balaban J connectivity index is 1.68. The SMILES string of the molecule is COc1ccc(NC(=S)NNC(=O)CCCOc2ccc(Cl)cc2C)cc1OC. The third kappa shape index (κ3) is 7.32. The molecular weight excluding hydrogens is 414 g/mol. The third-order valence-corrected chi connectivity index (χ3v) is 4.34. The summed E-state index contributed by atoms with van der Waals surface area (Å²) in [6.07, 6.45) is 0.851. The molecule has 2 rings (SSSR count). The predicted octanol–water partition coefficient (Wildman–Crippen LogP) is 3.84. The Morgan fingerprint density at radius 2 is 1.76 bits per heavy atom. The summed E-state index contributed by atoms with van der Waals surface area (Å²) >= 11 is 11.1. The summed E-state index contributed by atoms with van der Waals surface area (Å²) < 4.78 is 16.1. The third-order valence-electron chi connectivity index (χ3n) is 3.90. The number of hydrogen-bond donors (Lipinski definition) is 3. The van der Waals surface area contributed by atoms with Crippen molar-refractivity contribution in [3.8, 4) is 17.2 Å². The van der Waals surface area contributed by atoms with Crippen molar-refractivity contribution in [1.29, 1.82) is 0 Å². The molecule has 9 heteroatoms. The first-order valence-electron chi connectivity index (χ1n) is 8.89. The van der Waals surface area contributed by atoms with E-state index in [2.05, 4.69) is 16.2 Å². The molecule has 0 saturated heterocycles. The summed E-state index contributed by atoms with van der Waals surface area (Å²) in [6, 6.07) is 10.7. The molecule has 2 aromatic carbocycles. The van der Waals surface area contributed by atoms with E-state index < -0.39 is 0 Å². The zero-order valence-corrected chi connectivity index (χ0v) is 18.1. The van der Waals surface area contributed by atoms with Gasteiger partial charge in [0.15, 0.2) is 16.6 Å². The van der Waals surface area contributed by atoms with E-state index in [1.54, 1.807) is 38.5 Å². The van der Waals surface area contributed by atoms with Gasteiger partial charge in [0, 0.05) is 23.2 Å². The van der Waals surface area contributed by atoms with Crippen LogP contribution in [0.15, 0.2) is 36.4 Å². The van der Waals surface area contributed by atoms with Gasteiger partial charge in [0.25, 0.3) is 0 Å². The Labute approximate surface area is 180 Å². The Morgan fingerprint density at radius 1 is 1.03 bits per heavy atom. The summed E-state index contributed by atoms with van der Waals surface area (Å²) in [4.78, 5) is 11.9. The first kappa shape index (κ1) is 22.6. The fraction of sp³-hybridized carbons (Fsp3) is 0.300. The number of anilines is 1. The maximum Gasteiger partial charge on any atom is 0.238 e. The monoisotopic (exact) mass is 437 g/mol. The Hall–Kier alpha value is -2.71. The minimum absolute atomic E-state index is 0.196. The van der Waals surface area contributed by atoms with E-state index >= 15 is 0 Å². The zero-order chi connectivity index (χ0) is 21.2. The molecule has 0 aromatic heterocycles. The van der Waals surface area contributed by atoms with Crippen molar-refractivity contribution in [2.75, 3.05) is 26.1 Å². The molecule has 0 heterocycles. The largest absolute Gasteiger partial charge is 0.493 e. The fourth-order valence-corrected chi connectivity index (χ4v) is 2.85. The average Bonchev–Trinajstić information content (AvgIpc) is 2.70. The van der Waals surface area contributed by atoms with Crippen molar-refractivity contribution in [1.82, 2.24) is 10.9 Å². The van der Waals surface area contributed by atoms with Crippen LogP contribution in [0.3, 0.4) is 0 Å². The van der Waals surface area contributed by atoms with Crippen LogP contribution >= 0.6 is 23.8 Å². The molecule has 0 radical (unpaired) electrons. The number of hydrogen-bond acceptors (Lipinski definition) is 5. The number of carbonyl (C=O) groups is 1. The molecule has 0 atom stereocenters. The molecule has 2 aromatic rings. The number of benzene rings is 2. The van der Waals surface area contributed by atoms with Gasteiger partial charge in [0.1, 0.15) is 5.75 Å². The number of thiocarbonyl (C=S) groups is 1. The van der Waals surface area contributed by atoms with Crippen molar-refractivity contribution in [3.63, 3.8) is 0 Å². The lowest BCUT2D eigenvalue weighted by molar-refractivity contribution is -0.121. The molecule has 1 amide bonds. The normalized spacial score (nSPS) is 10.1. The molecular formula is C20H24ClN3O4S. The maximum atomic E-state index is 11.9. The number of halogens is 1.